The maximum Gasteiger partial charge on any atom is 0.251 e. The van der Waals surface area contributed by atoms with E-state index >= 15 is 0 Å². The third kappa shape index (κ3) is 4.84. The molecule has 1 unspecified atom stereocenters. The largest absolute Gasteiger partial charge is 0.350 e. The van der Waals surface area contributed by atoms with Crippen LogP contribution in [0.4, 0.5) is 0 Å². The summed E-state index contributed by atoms with van der Waals surface area (Å²) in [5.41, 5.74) is 8.46. The van der Waals surface area contributed by atoms with E-state index in [1.165, 1.54) is 40.9 Å². The van der Waals surface area contributed by atoms with Gasteiger partial charge in [0.15, 0.2) is 0 Å². The van der Waals surface area contributed by atoms with Crippen molar-refractivity contribution < 1.29 is 4.79 Å². The number of carbonyl (C=O) groups is 1. The summed E-state index contributed by atoms with van der Waals surface area (Å²) in [5, 5.41) is 3.16. The Balaban J connectivity index is 1.33. The minimum atomic E-state index is -0.00932. The van der Waals surface area contributed by atoms with Crippen molar-refractivity contribution >= 4 is 5.91 Å². The van der Waals surface area contributed by atoms with Crippen molar-refractivity contribution in [3.05, 3.63) is 113 Å². The maximum atomic E-state index is 12.9. The fourth-order valence-corrected chi connectivity index (χ4v) is 4.98. The van der Waals surface area contributed by atoms with E-state index in [0.29, 0.717) is 5.56 Å². The van der Waals surface area contributed by atoms with Crippen LogP contribution in [0.25, 0.3) is 16.9 Å². The molecular weight excluding hydrogens is 416 g/mol. The Morgan fingerprint density at radius 2 is 1.56 bits per heavy atom. The number of hydrogen-bond acceptors (Lipinski definition) is 1. The first-order valence-electron chi connectivity index (χ1n) is 12.4. The van der Waals surface area contributed by atoms with Gasteiger partial charge in [0.2, 0.25) is 0 Å². The number of amides is 1. The highest BCUT2D eigenvalue weighted by Gasteiger charge is 2.20. The second-order valence-electron chi connectivity index (χ2n) is 9.36. The van der Waals surface area contributed by atoms with Crippen molar-refractivity contribution in [2.45, 2.75) is 51.5 Å². The van der Waals surface area contributed by atoms with E-state index in [0.717, 1.165) is 31.4 Å². The van der Waals surface area contributed by atoms with E-state index in [4.69, 9.17) is 0 Å². The number of nitrogens with zero attached hydrogens (tertiary/aromatic N) is 1. The molecule has 1 N–H and O–H groups in total. The summed E-state index contributed by atoms with van der Waals surface area (Å²) >= 11 is 0. The fraction of sp³-hybridized carbons (Fsp3) is 0.258. The Bertz CT molecular complexity index is 1240. The summed E-state index contributed by atoms with van der Waals surface area (Å²) in [7, 11) is 0. The number of carbonyl (C=O) groups excluding carboxylic acids is 1. The predicted octanol–water partition coefficient (Wildman–Crippen LogP) is 6.77. The summed E-state index contributed by atoms with van der Waals surface area (Å²) in [6, 6.07) is 31.6. The molecule has 4 aromatic rings. The molecule has 0 saturated heterocycles. The van der Waals surface area contributed by atoms with Gasteiger partial charge in [-0.25, -0.2) is 0 Å². The SMILES string of the molecule is CC(CCc1ccccc1)NC(=O)c1ccc(-n2c(-c3ccccc3)cc3c2CCCC3)cc1. The van der Waals surface area contributed by atoms with E-state index in [-0.39, 0.29) is 11.9 Å². The normalized spacial score (nSPS) is 13.8. The minimum absolute atomic E-state index is 0.00932. The van der Waals surface area contributed by atoms with Crippen LogP contribution in [-0.4, -0.2) is 16.5 Å². The van der Waals surface area contributed by atoms with Crippen molar-refractivity contribution in [3.8, 4) is 16.9 Å². The summed E-state index contributed by atoms with van der Waals surface area (Å²) < 4.78 is 2.40. The van der Waals surface area contributed by atoms with Crippen LogP contribution in [-0.2, 0) is 19.3 Å². The van der Waals surface area contributed by atoms with Crippen molar-refractivity contribution in [1.29, 1.82) is 0 Å². The molecule has 34 heavy (non-hydrogen) atoms. The zero-order valence-corrected chi connectivity index (χ0v) is 19.8. The van der Waals surface area contributed by atoms with Gasteiger partial charge in [0, 0.05) is 23.0 Å². The third-order valence-corrected chi connectivity index (χ3v) is 6.85. The molecule has 1 heterocycles. The average Bonchev–Trinajstić information content (AvgIpc) is 3.28. The Labute approximate surface area is 202 Å². The van der Waals surface area contributed by atoms with Crippen molar-refractivity contribution in [2.75, 3.05) is 0 Å². The first-order valence-corrected chi connectivity index (χ1v) is 12.4. The summed E-state index contributed by atoms with van der Waals surface area (Å²) in [6.45, 7) is 2.08. The van der Waals surface area contributed by atoms with Crippen molar-refractivity contribution in [2.24, 2.45) is 0 Å². The number of nitrogens with one attached hydrogen (secondary N) is 1. The molecule has 3 aromatic carbocycles. The molecule has 1 aromatic heterocycles. The molecule has 1 atom stereocenters. The van der Waals surface area contributed by atoms with Crippen molar-refractivity contribution in [1.82, 2.24) is 9.88 Å². The number of aryl methyl sites for hydroxylation is 2. The molecule has 0 saturated carbocycles. The quantitative estimate of drug-likeness (QED) is 0.332. The topological polar surface area (TPSA) is 34.0 Å². The molecule has 0 spiro atoms. The van der Waals surface area contributed by atoms with E-state index in [1.807, 2.05) is 18.2 Å². The number of hydrogen-bond donors (Lipinski definition) is 1. The second kappa shape index (κ2) is 10.1. The molecule has 5 rings (SSSR count). The molecule has 0 fully saturated rings. The van der Waals surface area contributed by atoms with Gasteiger partial charge >= 0.3 is 0 Å². The van der Waals surface area contributed by atoms with Gasteiger partial charge in [0.25, 0.3) is 5.91 Å². The third-order valence-electron chi connectivity index (χ3n) is 6.85. The first-order chi connectivity index (χ1) is 16.7. The van der Waals surface area contributed by atoms with Crippen LogP contribution in [0.3, 0.4) is 0 Å². The van der Waals surface area contributed by atoms with Crippen LogP contribution in [0.2, 0.25) is 0 Å². The van der Waals surface area contributed by atoms with Crippen molar-refractivity contribution in [3.63, 3.8) is 0 Å². The van der Waals surface area contributed by atoms with Gasteiger partial charge in [-0.15, -0.1) is 0 Å². The van der Waals surface area contributed by atoms with Gasteiger partial charge in [-0.1, -0.05) is 60.7 Å². The number of rotatable bonds is 7. The molecule has 3 heteroatoms. The second-order valence-corrected chi connectivity index (χ2v) is 9.36. The molecule has 1 aliphatic carbocycles. The van der Waals surface area contributed by atoms with Gasteiger partial charge < -0.3 is 9.88 Å². The smallest absolute Gasteiger partial charge is 0.251 e. The number of aromatic nitrogens is 1. The van der Waals surface area contributed by atoms with Gasteiger partial charge in [0.1, 0.15) is 0 Å². The Morgan fingerprint density at radius 3 is 2.29 bits per heavy atom. The molecule has 172 valence electrons. The number of fused-ring (bicyclic) bond motifs is 1. The molecular formula is C31H32N2O. The van der Waals surface area contributed by atoms with Gasteiger partial charge in [-0.2, -0.15) is 0 Å². The van der Waals surface area contributed by atoms with Gasteiger partial charge in [-0.05, 0) is 92.5 Å². The Kier molecular flexibility index (Phi) is 6.62. The number of benzene rings is 3. The monoisotopic (exact) mass is 448 g/mol. The lowest BCUT2D eigenvalue weighted by atomic mass is 9.98. The zero-order valence-electron chi connectivity index (χ0n) is 19.8. The lowest BCUT2D eigenvalue weighted by Crippen LogP contribution is -2.32. The Hall–Kier alpha value is -3.59. The van der Waals surface area contributed by atoms with E-state index < -0.39 is 0 Å². The molecule has 3 nitrogen and oxygen atoms in total. The van der Waals surface area contributed by atoms with Crippen LogP contribution in [0.5, 0.6) is 0 Å². The lowest BCUT2D eigenvalue weighted by molar-refractivity contribution is 0.0938. The Morgan fingerprint density at radius 1 is 0.882 bits per heavy atom. The van der Waals surface area contributed by atoms with Crippen LogP contribution in [0.15, 0.2) is 91.0 Å². The highest BCUT2D eigenvalue weighted by atomic mass is 16.1. The van der Waals surface area contributed by atoms with Gasteiger partial charge in [-0.3, -0.25) is 4.79 Å². The van der Waals surface area contributed by atoms with E-state index in [1.54, 1.807) is 0 Å². The molecule has 0 bridgehead atoms. The molecule has 1 aliphatic rings. The summed E-state index contributed by atoms with van der Waals surface area (Å²) in [6.07, 6.45) is 6.61. The van der Waals surface area contributed by atoms with E-state index in [2.05, 4.69) is 89.6 Å². The predicted molar refractivity (Wildman–Crippen MR) is 140 cm³/mol. The van der Waals surface area contributed by atoms with Crippen LogP contribution in [0, 0.1) is 0 Å². The summed E-state index contributed by atoms with van der Waals surface area (Å²) in [5.74, 6) is -0.00932. The summed E-state index contributed by atoms with van der Waals surface area (Å²) in [4.78, 5) is 12.9. The minimum Gasteiger partial charge on any atom is -0.350 e. The van der Waals surface area contributed by atoms with Gasteiger partial charge in [0.05, 0.1) is 5.69 Å². The molecule has 1 amide bonds. The average molecular weight is 449 g/mol. The van der Waals surface area contributed by atoms with E-state index in [9.17, 15) is 4.79 Å². The highest BCUT2D eigenvalue weighted by Crippen LogP contribution is 2.33. The molecule has 0 aliphatic heterocycles. The highest BCUT2D eigenvalue weighted by molar-refractivity contribution is 5.94. The van der Waals surface area contributed by atoms with Crippen LogP contribution in [0.1, 0.15) is 53.4 Å². The van der Waals surface area contributed by atoms with Crippen LogP contribution < -0.4 is 5.32 Å². The lowest BCUT2D eigenvalue weighted by Gasteiger charge is -2.18. The molecule has 0 radical (unpaired) electrons. The maximum absolute atomic E-state index is 12.9. The van der Waals surface area contributed by atoms with Crippen LogP contribution >= 0.6 is 0 Å². The zero-order chi connectivity index (χ0) is 23.3. The fourth-order valence-electron chi connectivity index (χ4n) is 4.98. The standard InChI is InChI=1S/C31H32N2O/c1-23(16-17-24-10-4-2-5-11-24)32-31(34)26-18-20-28(21-19-26)33-29-15-9-8-14-27(29)22-30(33)25-12-6-3-7-13-25/h2-7,10-13,18-23H,8-9,14-17H2,1H3,(H,32,34). The first kappa shape index (κ1) is 22.2.